The third-order valence-corrected chi connectivity index (χ3v) is 4.78. The second kappa shape index (κ2) is 7.74. The van der Waals surface area contributed by atoms with Crippen LogP contribution in [0.1, 0.15) is 17.7 Å². The second-order valence-corrected chi connectivity index (χ2v) is 6.99. The molecule has 1 saturated heterocycles. The van der Waals surface area contributed by atoms with Crippen LogP contribution in [0.2, 0.25) is 0 Å². The average molecular weight is 413 g/mol. The van der Waals surface area contributed by atoms with Crippen LogP contribution in [0.15, 0.2) is 54.7 Å². The molecule has 6 nitrogen and oxygen atoms in total. The Balaban J connectivity index is 1.61. The van der Waals surface area contributed by atoms with E-state index in [2.05, 4.69) is 20.3 Å². The van der Waals surface area contributed by atoms with E-state index in [0.717, 1.165) is 17.3 Å². The molecule has 1 aromatic carbocycles. The Morgan fingerprint density at radius 1 is 1.10 bits per heavy atom. The third-order valence-electron chi connectivity index (χ3n) is 4.78. The van der Waals surface area contributed by atoms with E-state index in [0.29, 0.717) is 13.0 Å². The maximum Gasteiger partial charge on any atom is 0.433 e. The van der Waals surface area contributed by atoms with E-state index in [1.165, 1.54) is 12.3 Å². The van der Waals surface area contributed by atoms with E-state index >= 15 is 0 Å². The van der Waals surface area contributed by atoms with Gasteiger partial charge in [-0.2, -0.15) is 13.2 Å². The first kappa shape index (κ1) is 19.8. The molecule has 1 aliphatic rings. The van der Waals surface area contributed by atoms with Crippen molar-refractivity contribution in [3.63, 3.8) is 0 Å². The van der Waals surface area contributed by atoms with Gasteiger partial charge in [0.2, 0.25) is 5.91 Å². The number of alkyl halides is 3. The lowest BCUT2D eigenvalue weighted by Gasteiger charge is -2.18. The summed E-state index contributed by atoms with van der Waals surface area (Å²) in [4.78, 5) is 26.2. The summed E-state index contributed by atoms with van der Waals surface area (Å²) in [5, 5.41) is 2.85. The number of rotatable bonds is 4. The van der Waals surface area contributed by atoms with Gasteiger partial charge in [-0.25, -0.2) is 9.97 Å². The van der Waals surface area contributed by atoms with Gasteiger partial charge >= 0.3 is 6.18 Å². The van der Waals surface area contributed by atoms with Gasteiger partial charge in [-0.3, -0.25) is 9.78 Å². The van der Waals surface area contributed by atoms with Crippen LogP contribution in [0.5, 0.6) is 0 Å². The lowest BCUT2D eigenvalue weighted by Crippen LogP contribution is -2.33. The zero-order chi connectivity index (χ0) is 21.3. The van der Waals surface area contributed by atoms with Crippen molar-refractivity contribution in [2.75, 3.05) is 16.8 Å². The predicted octanol–water partition coefficient (Wildman–Crippen LogP) is 4.08. The highest BCUT2D eigenvalue weighted by Gasteiger charge is 2.36. The molecule has 4 rings (SSSR count). The summed E-state index contributed by atoms with van der Waals surface area (Å²) in [7, 11) is 0. The van der Waals surface area contributed by atoms with Crippen molar-refractivity contribution in [1.82, 2.24) is 15.0 Å². The molecule has 9 heteroatoms. The quantitative estimate of drug-likeness (QED) is 0.698. The number of carbonyl (C=O) groups is 1. The number of amides is 1. The number of hydrogen-bond donors (Lipinski definition) is 1. The highest BCUT2D eigenvalue weighted by molar-refractivity contribution is 6.00. The Kier molecular flexibility index (Phi) is 5.11. The van der Waals surface area contributed by atoms with Gasteiger partial charge in [-0.05, 0) is 37.6 Å². The standard InChI is InChI=1S/C21H18F3N5O/c1-13-5-7-14(8-6-13)29-11-9-16(20(29)30)26-18-12-17(21(22,23)24)27-19(28-18)15-4-2-3-10-25-15/h2-8,10,12,16H,9,11H2,1H3,(H,26,27,28). The molecule has 0 radical (unpaired) electrons. The van der Waals surface area contributed by atoms with Crippen LogP contribution in [-0.4, -0.2) is 33.4 Å². The Morgan fingerprint density at radius 2 is 1.87 bits per heavy atom. The first-order chi connectivity index (χ1) is 14.3. The lowest BCUT2D eigenvalue weighted by atomic mass is 10.2. The second-order valence-electron chi connectivity index (χ2n) is 6.99. The van der Waals surface area contributed by atoms with E-state index < -0.39 is 17.9 Å². The fourth-order valence-corrected chi connectivity index (χ4v) is 3.25. The van der Waals surface area contributed by atoms with Gasteiger partial charge < -0.3 is 10.2 Å². The summed E-state index contributed by atoms with van der Waals surface area (Å²) in [6, 6.07) is 12.5. The Hall–Kier alpha value is -3.49. The zero-order valence-corrected chi connectivity index (χ0v) is 16.0. The molecule has 3 aromatic rings. The van der Waals surface area contributed by atoms with Gasteiger partial charge in [0, 0.05) is 24.5 Å². The van der Waals surface area contributed by atoms with Gasteiger partial charge in [0.25, 0.3) is 0 Å². The van der Waals surface area contributed by atoms with Crippen molar-refractivity contribution in [3.05, 3.63) is 66.0 Å². The van der Waals surface area contributed by atoms with Gasteiger partial charge in [-0.15, -0.1) is 0 Å². The lowest BCUT2D eigenvalue weighted by molar-refractivity contribution is -0.141. The molecule has 2 aromatic heterocycles. The van der Waals surface area contributed by atoms with E-state index in [-0.39, 0.29) is 23.2 Å². The van der Waals surface area contributed by atoms with Crippen LogP contribution in [0.25, 0.3) is 11.5 Å². The molecule has 0 bridgehead atoms. The molecule has 1 aliphatic heterocycles. The molecule has 1 amide bonds. The largest absolute Gasteiger partial charge is 0.433 e. The van der Waals surface area contributed by atoms with Crippen molar-refractivity contribution in [2.24, 2.45) is 0 Å². The van der Waals surface area contributed by atoms with Crippen LogP contribution in [0, 0.1) is 6.92 Å². The monoisotopic (exact) mass is 413 g/mol. The number of pyridine rings is 1. The van der Waals surface area contributed by atoms with Crippen LogP contribution >= 0.6 is 0 Å². The Bertz CT molecular complexity index is 1050. The summed E-state index contributed by atoms with van der Waals surface area (Å²) >= 11 is 0. The van der Waals surface area contributed by atoms with Crippen molar-refractivity contribution < 1.29 is 18.0 Å². The van der Waals surface area contributed by atoms with E-state index in [1.807, 2.05) is 31.2 Å². The molecule has 0 spiro atoms. The fourth-order valence-electron chi connectivity index (χ4n) is 3.25. The molecule has 1 fully saturated rings. The van der Waals surface area contributed by atoms with E-state index in [4.69, 9.17) is 0 Å². The SMILES string of the molecule is Cc1ccc(N2CCC(Nc3cc(C(F)(F)F)nc(-c4ccccn4)n3)C2=O)cc1. The maximum absolute atomic E-state index is 13.4. The smallest absolute Gasteiger partial charge is 0.358 e. The molecular weight excluding hydrogens is 395 g/mol. The van der Waals surface area contributed by atoms with Gasteiger partial charge in [0.05, 0.1) is 0 Å². The molecule has 154 valence electrons. The number of aromatic nitrogens is 3. The first-order valence-corrected chi connectivity index (χ1v) is 9.33. The number of nitrogens with one attached hydrogen (secondary N) is 1. The average Bonchev–Trinajstić information content (AvgIpc) is 3.08. The number of benzene rings is 1. The number of nitrogens with zero attached hydrogens (tertiary/aromatic N) is 4. The van der Waals surface area contributed by atoms with Crippen LogP contribution < -0.4 is 10.2 Å². The number of carbonyl (C=O) groups excluding carboxylic acids is 1. The topological polar surface area (TPSA) is 71.0 Å². The zero-order valence-electron chi connectivity index (χ0n) is 16.0. The van der Waals surface area contributed by atoms with E-state index in [9.17, 15) is 18.0 Å². The minimum Gasteiger partial charge on any atom is -0.358 e. The highest BCUT2D eigenvalue weighted by Crippen LogP contribution is 2.31. The number of hydrogen-bond acceptors (Lipinski definition) is 5. The fraction of sp³-hybridized carbons (Fsp3) is 0.238. The van der Waals surface area contributed by atoms with E-state index in [1.54, 1.807) is 17.0 Å². The maximum atomic E-state index is 13.4. The Labute approximate surface area is 170 Å². The molecule has 0 aliphatic carbocycles. The van der Waals surface area contributed by atoms with Gasteiger partial charge in [0.1, 0.15) is 17.6 Å². The van der Waals surface area contributed by atoms with Crippen molar-refractivity contribution in [3.8, 4) is 11.5 Å². The minimum absolute atomic E-state index is 0.0675. The molecule has 1 atom stereocenters. The molecular formula is C21H18F3N5O. The highest BCUT2D eigenvalue weighted by atomic mass is 19.4. The van der Waals surface area contributed by atoms with Crippen LogP contribution in [-0.2, 0) is 11.0 Å². The summed E-state index contributed by atoms with van der Waals surface area (Å²) in [5.74, 6) is -0.443. The first-order valence-electron chi connectivity index (χ1n) is 9.33. The number of aryl methyl sites for hydroxylation is 1. The molecule has 3 heterocycles. The summed E-state index contributed by atoms with van der Waals surface area (Å²) < 4.78 is 40.1. The van der Waals surface area contributed by atoms with Crippen molar-refractivity contribution in [2.45, 2.75) is 25.6 Å². The number of halogens is 3. The van der Waals surface area contributed by atoms with Gasteiger partial charge in [-0.1, -0.05) is 23.8 Å². The van der Waals surface area contributed by atoms with Gasteiger partial charge in [0.15, 0.2) is 11.5 Å². The summed E-state index contributed by atoms with van der Waals surface area (Å²) in [5.41, 5.74) is 0.942. The van der Waals surface area contributed by atoms with Crippen molar-refractivity contribution in [1.29, 1.82) is 0 Å². The normalized spacial score (nSPS) is 16.7. The minimum atomic E-state index is -4.66. The predicted molar refractivity (Wildman–Crippen MR) is 106 cm³/mol. The summed E-state index contributed by atoms with van der Waals surface area (Å²) in [6.07, 6.45) is -2.76. The molecule has 1 N–H and O–H groups in total. The third kappa shape index (κ3) is 4.10. The van der Waals surface area contributed by atoms with Crippen molar-refractivity contribution >= 4 is 17.4 Å². The van der Waals surface area contributed by atoms with Crippen LogP contribution in [0.3, 0.4) is 0 Å². The Morgan fingerprint density at radius 3 is 2.53 bits per heavy atom. The number of anilines is 2. The molecule has 0 saturated carbocycles. The molecule has 30 heavy (non-hydrogen) atoms. The molecule has 1 unspecified atom stereocenters. The van der Waals surface area contributed by atoms with Crippen LogP contribution in [0.4, 0.5) is 24.7 Å². The summed E-state index contributed by atoms with van der Waals surface area (Å²) in [6.45, 7) is 2.41.